The van der Waals surface area contributed by atoms with Gasteiger partial charge in [-0.15, -0.1) is 10.2 Å². The lowest BCUT2D eigenvalue weighted by Gasteiger charge is -2.15. The zero-order valence-electron chi connectivity index (χ0n) is 12.7. The van der Waals surface area contributed by atoms with Crippen molar-refractivity contribution in [1.82, 2.24) is 20.8 Å². The van der Waals surface area contributed by atoms with Gasteiger partial charge in [0.15, 0.2) is 4.34 Å². The summed E-state index contributed by atoms with van der Waals surface area (Å²) in [6, 6.07) is 8.75. The first-order valence-electron chi connectivity index (χ1n) is 6.95. The second-order valence-corrected chi connectivity index (χ2v) is 6.71. The number of anilines is 1. The maximum Gasteiger partial charge on any atom is 0.321 e. The third-order valence-electron chi connectivity index (χ3n) is 2.75. The van der Waals surface area contributed by atoms with Gasteiger partial charge in [0.2, 0.25) is 11.0 Å². The van der Waals surface area contributed by atoms with Crippen LogP contribution >= 0.6 is 23.1 Å². The van der Waals surface area contributed by atoms with Crippen molar-refractivity contribution >= 4 is 40.2 Å². The number of aromatic nitrogens is 2. The lowest BCUT2D eigenvalue weighted by Crippen LogP contribution is -2.41. The van der Waals surface area contributed by atoms with Gasteiger partial charge in [0.05, 0.1) is 0 Å². The van der Waals surface area contributed by atoms with E-state index in [1.165, 1.54) is 23.1 Å². The van der Waals surface area contributed by atoms with Crippen LogP contribution in [0, 0.1) is 0 Å². The molecule has 9 heteroatoms. The van der Waals surface area contributed by atoms with Crippen LogP contribution in [0.15, 0.2) is 34.7 Å². The maximum atomic E-state index is 12.5. The number of rotatable bonds is 6. The number of hydrogen-bond acceptors (Lipinski definition) is 7. The number of urea groups is 1. The minimum absolute atomic E-state index is 0.395. The molecule has 0 unspecified atom stereocenters. The molecular weight excluding hydrogens is 334 g/mol. The van der Waals surface area contributed by atoms with E-state index in [9.17, 15) is 9.59 Å². The van der Waals surface area contributed by atoms with Crippen molar-refractivity contribution in [2.45, 2.75) is 16.5 Å². The molecule has 0 saturated carbocycles. The molecule has 1 heterocycles. The predicted molar refractivity (Wildman–Crippen MR) is 91.7 cm³/mol. The molecule has 0 radical (unpaired) electrons. The number of imide groups is 1. The molecule has 1 aromatic carbocycles. The monoisotopic (exact) mass is 351 g/mol. The minimum Gasteiger partial charge on any atom is -0.363 e. The number of hydrogen-bond donors (Lipinski definition) is 3. The normalized spacial score (nSPS) is 11.6. The van der Waals surface area contributed by atoms with Crippen LogP contribution in [0.1, 0.15) is 17.7 Å². The molecule has 0 aliphatic carbocycles. The van der Waals surface area contributed by atoms with E-state index in [2.05, 4.69) is 26.1 Å². The summed E-state index contributed by atoms with van der Waals surface area (Å²) < 4.78 is 0.647. The third kappa shape index (κ3) is 4.93. The summed E-state index contributed by atoms with van der Waals surface area (Å²) in [6.45, 7) is 2.23. The Bertz CT molecular complexity index is 662. The van der Waals surface area contributed by atoms with E-state index in [-0.39, 0.29) is 0 Å². The van der Waals surface area contributed by atoms with Gasteiger partial charge >= 0.3 is 6.03 Å². The van der Waals surface area contributed by atoms with Crippen LogP contribution in [0.4, 0.5) is 9.93 Å². The van der Waals surface area contributed by atoms with Crippen LogP contribution in [0.25, 0.3) is 0 Å². The van der Waals surface area contributed by atoms with E-state index in [0.717, 1.165) is 5.56 Å². The molecule has 0 aliphatic rings. The van der Waals surface area contributed by atoms with Crippen LogP contribution in [0.3, 0.4) is 0 Å². The van der Waals surface area contributed by atoms with Crippen LogP contribution in [-0.2, 0) is 4.79 Å². The van der Waals surface area contributed by atoms with Crippen LogP contribution in [0.5, 0.6) is 0 Å². The highest BCUT2D eigenvalue weighted by molar-refractivity contribution is 8.01. The highest BCUT2D eigenvalue weighted by atomic mass is 32.2. The van der Waals surface area contributed by atoms with E-state index in [0.29, 0.717) is 16.0 Å². The van der Waals surface area contributed by atoms with E-state index >= 15 is 0 Å². The molecule has 23 heavy (non-hydrogen) atoms. The Labute approximate surface area is 142 Å². The van der Waals surface area contributed by atoms with Crippen LogP contribution < -0.4 is 16.0 Å². The summed E-state index contributed by atoms with van der Waals surface area (Å²) >= 11 is 2.61. The Morgan fingerprint density at radius 3 is 2.61 bits per heavy atom. The standard InChI is InChI=1S/C14H17N5O2S2/c1-3-16-12(21)17-11(20)10(9-7-5-4-6-8-9)22-14-19-18-13(15-2)23-14/h4-8,10H,3H2,1-2H3,(H,15,18)(H2,16,17,20,21)/t10-/m1/s1. The topological polar surface area (TPSA) is 96.0 Å². The smallest absolute Gasteiger partial charge is 0.321 e. The Kier molecular flexibility index (Phi) is 6.36. The fourth-order valence-electron chi connectivity index (χ4n) is 1.74. The van der Waals surface area contributed by atoms with Gasteiger partial charge in [-0.25, -0.2) is 4.79 Å². The van der Waals surface area contributed by atoms with Gasteiger partial charge in [0.25, 0.3) is 0 Å². The summed E-state index contributed by atoms with van der Waals surface area (Å²) in [6.07, 6.45) is 0. The molecule has 3 amide bonds. The lowest BCUT2D eigenvalue weighted by molar-refractivity contribution is -0.119. The summed E-state index contributed by atoms with van der Waals surface area (Å²) in [4.78, 5) is 24.1. The van der Waals surface area contributed by atoms with Gasteiger partial charge in [-0.1, -0.05) is 53.4 Å². The average molecular weight is 351 g/mol. The molecule has 0 saturated heterocycles. The first-order chi connectivity index (χ1) is 11.1. The quantitative estimate of drug-likeness (QED) is 0.691. The molecular formula is C14H17N5O2S2. The Morgan fingerprint density at radius 1 is 1.26 bits per heavy atom. The number of thioether (sulfide) groups is 1. The Morgan fingerprint density at radius 2 is 2.00 bits per heavy atom. The highest BCUT2D eigenvalue weighted by Crippen LogP contribution is 2.37. The van der Waals surface area contributed by atoms with Gasteiger partial charge in [-0.3, -0.25) is 10.1 Å². The van der Waals surface area contributed by atoms with Crippen molar-refractivity contribution in [3.63, 3.8) is 0 Å². The number of carbonyl (C=O) groups excluding carboxylic acids is 2. The highest BCUT2D eigenvalue weighted by Gasteiger charge is 2.25. The number of nitrogens with one attached hydrogen (secondary N) is 3. The van der Waals surface area contributed by atoms with Gasteiger partial charge in [-0.05, 0) is 12.5 Å². The number of amides is 3. The Balaban J connectivity index is 2.18. The molecule has 0 aliphatic heterocycles. The van der Waals surface area contributed by atoms with Gasteiger partial charge in [0.1, 0.15) is 5.25 Å². The minimum atomic E-state index is -0.587. The van der Waals surface area contributed by atoms with Crippen LogP contribution in [-0.4, -0.2) is 35.7 Å². The second-order valence-electron chi connectivity index (χ2n) is 4.38. The average Bonchev–Trinajstić information content (AvgIpc) is 3.01. The molecule has 7 nitrogen and oxygen atoms in total. The van der Waals surface area contributed by atoms with E-state index in [1.54, 1.807) is 14.0 Å². The number of carbonyl (C=O) groups is 2. The predicted octanol–water partition coefficient (Wildman–Crippen LogP) is 2.26. The van der Waals surface area contributed by atoms with Crippen molar-refractivity contribution in [3.8, 4) is 0 Å². The third-order valence-corrected chi connectivity index (χ3v) is 5.03. The van der Waals surface area contributed by atoms with Crippen molar-refractivity contribution in [2.75, 3.05) is 18.9 Å². The van der Waals surface area contributed by atoms with E-state index in [4.69, 9.17) is 0 Å². The van der Waals surface area contributed by atoms with Gasteiger partial charge in [0, 0.05) is 13.6 Å². The van der Waals surface area contributed by atoms with E-state index < -0.39 is 17.2 Å². The molecule has 0 fully saturated rings. The van der Waals surface area contributed by atoms with Crippen molar-refractivity contribution in [2.24, 2.45) is 0 Å². The number of nitrogens with zero attached hydrogens (tertiary/aromatic N) is 2. The molecule has 3 N–H and O–H groups in total. The van der Waals surface area contributed by atoms with Crippen molar-refractivity contribution in [3.05, 3.63) is 35.9 Å². The molecule has 2 aromatic rings. The summed E-state index contributed by atoms with van der Waals surface area (Å²) in [5.41, 5.74) is 0.792. The summed E-state index contributed by atoms with van der Waals surface area (Å²) in [5.74, 6) is -0.395. The van der Waals surface area contributed by atoms with Crippen molar-refractivity contribution < 1.29 is 9.59 Å². The fourth-order valence-corrected chi connectivity index (χ4v) is 3.64. The lowest BCUT2D eigenvalue weighted by atomic mass is 10.1. The molecule has 2 rings (SSSR count). The second kappa shape index (κ2) is 8.49. The first kappa shape index (κ1) is 17.2. The first-order valence-corrected chi connectivity index (χ1v) is 8.65. The van der Waals surface area contributed by atoms with Gasteiger partial charge in [-0.2, -0.15) is 0 Å². The SMILES string of the molecule is CCNC(=O)NC(=O)[C@H](Sc1nnc(NC)s1)c1ccccc1. The summed E-state index contributed by atoms with van der Waals surface area (Å²) in [7, 11) is 1.76. The molecule has 122 valence electrons. The maximum absolute atomic E-state index is 12.5. The van der Waals surface area contributed by atoms with Crippen LogP contribution in [0.2, 0.25) is 0 Å². The molecule has 1 aromatic heterocycles. The Hall–Kier alpha value is -2.13. The van der Waals surface area contributed by atoms with Gasteiger partial charge < -0.3 is 10.6 Å². The fraction of sp³-hybridized carbons (Fsp3) is 0.286. The number of benzene rings is 1. The molecule has 0 spiro atoms. The molecule has 1 atom stereocenters. The molecule has 0 bridgehead atoms. The zero-order chi connectivity index (χ0) is 16.7. The van der Waals surface area contributed by atoms with E-state index in [1.807, 2.05) is 30.3 Å². The zero-order valence-corrected chi connectivity index (χ0v) is 14.3. The summed E-state index contributed by atoms with van der Waals surface area (Å²) in [5, 5.41) is 15.9. The van der Waals surface area contributed by atoms with Crippen molar-refractivity contribution in [1.29, 1.82) is 0 Å². The largest absolute Gasteiger partial charge is 0.363 e.